The van der Waals surface area contributed by atoms with Gasteiger partial charge in [-0.2, -0.15) is 0 Å². The molecule has 0 bridgehead atoms. The number of aliphatic hydroxyl groups excluding tert-OH is 1. The highest BCUT2D eigenvalue weighted by atomic mass is 16.5. The number of amides is 1. The minimum absolute atomic E-state index is 0. The van der Waals surface area contributed by atoms with Gasteiger partial charge in [0.15, 0.2) is 0 Å². The van der Waals surface area contributed by atoms with Gasteiger partial charge >= 0.3 is 0 Å². The molecule has 0 unspecified atom stereocenters. The molecule has 1 amide bonds. The van der Waals surface area contributed by atoms with E-state index in [1.807, 2.05) is 91.8 Å². The molecule has 24 nitrogen and oxygen atoms in total. The predicted molar refractivity (Wildman–Crippen MR) is 379 cm³/mol. The maximum Gasteiger partial charge on any atom is 0.219 e. The first kappa shape index (κ1) is 165. The van der Waals surface area contributed by atoms with Crippen LogP contribution in [0.4, 0.5) is 0 Å². The zero-order valence-electron chi connectivity index (χ0n) is 60.1. The second-order valence-electron chi connectivity index (χ2n) is 15.3. The molecule has 0 atom stereocenters. The number of nitrogens with zero attached hydrogens (tertiary/aromatic N) is 1. The van der Waals surface area contributed by atoms with Gasteiger partial charge in [0.05, 0.1) is 5.60 Å². The van der Waals surface area contributed by atoms with Crippen molar-refractivity contribution in [2.45, 2.75) is 188 Å². The molecule has 1 aliphatic rings. The van der Waals surface area contributed by atoms with Gasteiger partial charge in [-0.3, -0.25) is 4.79 Å². The Labute approximate surface area is 531 Å². The summed E-state index contributed by atoms with van der Waals surface area (Å²) in [6, 6.07) is 20.9. The Hall–Kier alpha value is -5.87. The van der Waals surface area contributed by atoms with Crippen LogP contribution in [0.25, 0.3) is 0 Å². The van der Waals surface area contributed by atoms with Crippen LogP contribution in [0.5, 0.6) is 0 Å². The number of hydrogen-bond donors (Lipinski definition) is 11. The van der Waals surface area contributed by atoms with Crippen molar-refractivity contribution >= 4 is 73.8 Å². The Morgan fingerprint density at radius 2 is 0.593 bits per heavy atom. The third-order valence-corrected chi connectivity index (χ3v) is 7.33. The molecule has 3 rings (SSSR count). The summed E-state index contributed by atoms with van der Waals surface area (Å²) >= 11 is 0. The Balaban J connectivity index is -0.0000000202. The number of piperidine rings is 1. The molecule has 0 saturated carbocycles. The maximum absolute atomic E-state index is 10.7. The first-order chi connectivity index (χ1) is 38.8. The van der Waals surface area contributed by atoms with E-state index in [1.54, 1.807) is 20.8 Å². The SMILES string of the molecule is C=O.C=O.C=O.C=O.C=O.C=O.C=O.C=O.C=O.C=O.CC(=O)N1CCCCC1.CC(C)O.CCC(C)C.CCC(C)C.CCC(C)C.CCOC(C)(C)C.CCc1ccccc1.CCc1ccccc1.CN.CN.CN.CN.CN.N.N.N.N.N. The number of likely N-dealkylation sites (tertiary alicyclic amines) is 1. The van der Waals surface area contributed by atoms with E-state index in [0.717, 1.165) is 50.3 Å². The van der Waals surface area contributed by atoms with Crippen LogP contribution in [-0.2, 0) is 70.3 Å². The number of rotatable bonds is 6. The van der Waals surface area contributed by atoms with Gasteiger partial charge < -0.3 is 122 Å². The molecule has 0 aromatic heterocycles. The van der Waals surface area contributed by atoms with Crippen LogP contribution in [0.2, 0.25) is 0 Å². The van der Waals surface area contributed by atoms with Crippen molar-refractivity contribution in [1.29, 1.82) is 0 Å². The Bertz CT molecular complexity index is 1030. The summed E-state index contributed by atoms with van der Waals surface area (Å²) in [6.45, 7) is 60.3. The number of nitrogens with two attached hydrogens (primary N) is 5. The summed E-state index contributed by atoms with van der Waals surface area (Å²) in [4.78, 5) is 92.6. The van der Waals surface area contributed by atoms with E-state index in [4.69, 9.17) is 57.8 Å². The molecule has 0 radical (unpaired) electrons. The molecule has 1 saturated heterocycles. The molecular weight excluding hydrogens is 1110 g/mol. The van der Waals surface area contributed by atoms with Gasteiger partial charge in [-0.15, -0.1) is 0 Å². The van der Waals surface area contributed by atoms with Crippen molar-refractivity contribution in [1.82, 2.24) is 35.7 Å². The zero-order valence-corrected chi connectivity index (χ0v) is 60.1. The van der Waals surface area contributed by atoms with E-state index < -0.39 is 0 Å². The summed E-state index contributed by atoms with van der Waals surface area (Å²) in [5.41, 5.74) is 25.4. The molecule has 2 aromatic carbocycles. The van der Waals surface area contributed by atoms with E-state index in [9.17, 15) is 4.79 Å². The van der Waals surface area contributed by atoms with Crippen LogP contribution in [0, 0.1) is 17.8 Å². The van der Waals surface area contributed by atoms with Crippen molar-refractivity contribution in [2.75, 3.05) is 54.9 Å². The van der Waals surface area contributed by atoms with Crippen molar-refractivity contribution < 1.29 is 62.6 Å². The van der Waals surface area contributed by atoms with Crippen molar-refractivity contribution in [2.24, 2.45) is 46.4 Å². The lowest BCUT2D eigenvalue weighted by molar-refractivity contribution is -0.129. The summed E-state index contributed by atoms with van der Waals surface area (Å²) < 4.78 is 5.23. The quantitative estimate of drug-likeness (QED) is 0.128. The number of carbonyl (C=O) groups excluding carboxylic acids is 11. The van der Waals surface area contributed by atoms with Crippen molar-refractivity contribution in [3.63, 3.8) is 0 Å². The smallest absolute Gasteiger partial charge is 0.219 e. The van der Waals surface area contributed by atoms with E-state index >= 15 is 0 Å². The van der Waals surface area contributed by atoms with E-state index in [1.165, 1.54) is 84.9 Å². The molecule has 1 heterocycles. The third kappa shape index (κ3) is 356. The van der Waals surface area contributed by atoms with E-state index in [-0.39, 0.29) is 48.4 Å². The van der Waals surface area contributed by atoms with Gasteiger partial charge in [0.25, 0.3) is 0 Å². The van der Waals surface area contributed by atoms with Crippen LogP contribution in [0.15, 0.2) is 60.7 Å². The lowest BCUT2D eigenvalue weighted by Crippen LogP contribution is -2.33. The van der Waals surface area contributed by atoms with Gasteiger partial charge in [0.2, 0.25) is 5.91 Å². The van der Waals surface area contributed by atoms with Gasteiger partial charge in [-0.05, 0) is 138 Å². The second-order valence-corrected chi connectivity index (χ2v) is 15.3. The largest absolute Gasteiger partial charge is 0.394 e. The third-order valence-electron chi connectivity index (χ3n) is 7.33. The van der Waals surface area contributed by atoms with Crippen molar-refractivity contribution in [3.8, 4) is 0 Å². The number of benzene rings is 2. The van der Waals surface area contributed by atoms with Crippen LogP contribution < -0.4 is 59.4 Å². The summed E-state index contributed by atoms with van der Waals surface area (Å²) in [7, 11) is 7.50. The maximum atomic E-state index is 10.7. The average Bonchev–Trinajstić information content (AvgIpc) is 3.55. The van der Waals surface area contributed by atoms with Crippen LogP contribution in [-0.4, -0.2) is 150 Å². The minimum Gasteiger partial charge on any atom is -0.394 e. The summed E-state index contributed by atoms with van der Waals surface area (Å²) in [5.74, 6) is 2.88. The number of aryl methyl sites for hydroxylation is 2. The van der Waals surface area contributed by atoms with E-state index in [0.29, 0.717) is 0 Å². The Morgan fingerprint density at radius 3 is 0.663 bits per heavy atom. The number of carbonyl (C=O) groups is 11. The van der Waals surface area contributed by atoms with Gasteiger partial charge in [0, 0.05) is 32.7 Å². The summed E-state index contributed by atoms with van der Waals surface area (Å²) in [5, 5.41) is 8.06. The van der Waals surface area contributed by atoms with Gasteiger partial charge in [0.1, 0.15) is 67.9 Å². The summed E-state index contributed by atoms with van der Waals surface area (Å²) in [6.07, 6.45) is 9.71. The average molecular weight is 1260 g/mol. The lowest BCUT2D eigenvalue weighted by atomic mass is 10.1. The molecular formula is C62H151N11O13. The molecule has 1 fully saturated rings. The van der Waals surface area contributed by atoms with Crippen molar-refractivity contribution in [3.05, 3.63) is 71.8 Å². The normalized spacial score (nSPS) is 7.66. The highest BCUT2D eigenvalue weighted by molar-refractivity contribution is 5.73. The first-order valence-corrected chi connectivity index (χ1v) is 26.2. The number of aliphatic hydroxyl groups is 1. The molecule has 86 heavy (non-hydrogen) atoms. The highest BCUT2D eigenvalue weighted by Crippen LogP contribution is 2.08. The molecule has 1 aliphatic heterocycles. The van der Waals surface area contributed by atoms with Crippen LogP contribution >= 0.6 is 0 Å². The fourth-order valence-corrected chi connectivity index (χ4v) is 3.07. The lowest BCUT2D eigenvalue weighted by Gasteiger charge is -2.24. The highest BCUT2D eigenvalue weighted by Gasteiger charge is 2.11. The molecule has 26 N–H and O–H groups in total. The van der Waals surface area contributed by atoms with E-state index in [2.05, 4.69) is 174 Å². The molecule has 0 aliphatic carbocycles. The monoisotopic (exact) mass is 1260 g/mol. The topological polar surface area (TPSA) is 526 Å². The zero-order chi connectivity index (χ0) is 70.7. The first-order valence-electron chi connectivity index (χ1n) is 26.2. The minimum atomic E-state index is -0.167. The molecule has 532 valence electrons. The fraction of sp³-hybridized carbons (Fsp3) is 0.629. The number of hydrogen-bond acceptors (Lipinski definition) is 23. The second kappa shape index (κ2) is 227. The molecule has 24 heteroatoms. The predicted octanol–water partition coefficient (Wildman–Crippen LogP) is 10.7. The Morgan fingerprint density at radius 1 is 0.430 bits per heavy atom. The van der Waals surface area contributed by atoms with Crippen LogP contribution in [0.1, 0.15) is 174 Å². The van der Waals surface area contributed by atoms with Crippen LogP contribution in [0.3, 0.4) is 0 Å². The fourth-order valence-electron chi connectivity index (χ4n) is 3.07. The standard InChI is InChI=1S/2C8H10.C7H13NO.C6H14O.3C5H12.C3H8O.5CH5N.10CH2O.5H3N/c2*1-2-8-6-4-3-5-7-8;1-7(9)8-5-3-2-4-6-8;1-5-7-6(2,3)4;3*1-4-5(2)3;1-3(2)4;15*1-2;;;;;/h2*3-7H,2H2,1H3;2-6H2,1H3;5H2,1-4H3;3*5H,4H2,1-3H3;3-4H,1-2H3;5*2H2,1H3;10*1H2;5*1H3. The molecule has 2 aromatic rings. The Kier molecular flexibility index (Phi) is 436. The van der Waals surface area contributed by atoms with Gasteiger partial charge in [-0.1, -0.05) is 156 Å². The molecule has 0 spiro atoms. The number of ether oxygens (including phenoxy) is 1. The van der Waals surface area contributed by atoms with Gasteiger partial charge in [-0.25, -0.2) is 0 Å².